The predicted octanol–water partition coefficient (Wildman–Crippen LogP) is -3.55. The molecule has 0 aliphatic heterocycles. The van der Waals surface area contributed by atoms with Crippen molar-refractivity contribution in [1.29, 1.82) is 0 Å². The van der Waals surface area contributed by atoms with Crippen LogP contribution in [0.3, 0.4) is 0 Å². The SMILES string of the molecule is CSCCC(NC(=O)C(NC(=O)C(N)CO)C(C)O)C(=O)NC(CC(=O)O)C(=O)O. The predicted molar refractivity (Wildman–Crippen MR) is 105 cm³/mol. The highest BCUT2D eigenvalue weighted by molar-refractivity contribution is 7.98. The van der Waals surface area contributed by atoms with Crippen LogP contribution in [0.15, 0.2) is 0 Å². The second-order valence-corrected chi connectivity index (χ2v) is 7.34. The Morgan fingerprint density at radius 1 is 0.967 bits per heavy atom. The summed E-state index contributed by atoms with van der Waals surface area (Å²) < 4.78 is 0. The molecule has 9 N–H and O–H groups in total. The van der Waals surface area contributed by atoms with Gasteiger partial charge < -0.3 is 42.1 Å². The van der Waals surface area contributed by atoms with E-state index in [0.29, 0.717) is 5.75 Å². The van der Waals surface area contributed by atoms with Gasteiger partial charge in [-0.05, 0) is 25.4 Å². The molecule has 172 valence electrons. The third-order valence-electron chi connectivity index (χ3n) is 3.83. The van der Waals surface area contributed by atoms with Crippen molar-refractivity contribution in [2.75, 3.05) is 18.6 Å². The van der Waals surface area contributed by atoms with Gasteiger partial charge in [-0.2, -0.15) is 11.8 Å². The summed E-state index contributed by atoms with van der Waals surface area (Å²) in [6, 6.07) is -5.81. The lowest BCUT2D eigenvalue weighted by Gasteiger charge is -2.26. The quantitative estimate of drug-likeness (QED) is 0.129. The largest absolute Gasteiger partial charge is 0.481 e. The van der Waals surface area contributed by atoms with Crippen molar-refractivity contribution in [3.05, 3.63) is 0 Å². The standard InChI is InChI=1S/C16H28N4O9S/c1-7(22)12(20-13(25)8(17)6-21)15(27)18-9(3-4-30-2)14(26)19-10(16(28)29)5-11(23)24/h7-10,12,21-22H,3-6,17H2,1-2H3,(H,18,27)(H,19,26)(H,20,25)(H,23,24)(H,28,29). The van der Waals surface area contributed by atoms with Crippen molar-refractivity contribution >= 4 is 41.4 Å². The molecule has 0 heterocycles. The topological polar surface area (TPSA) is 228 Å². The summed E-state index contributed by atoms with van der Waals surface area (Å²) in [4.78, 5) is 58.7. The lowest BCUT2D eigenvalue weighted by atomic mass is 10.1. The Morgan fingerprint density at radius 2 is 1.53 bits per heavy atom. The van der Waals surface area contributed by atoms with E-state index >= 15 is 0 Å². The zero-order valence-electron chi connectivity index (χ0n) is 16.5. The van der Waals surface area contributed by atoms with Crippen LogP contribution >= 0.6 is 11.8 Å². The van der Waals surface area contributed by atoms with Crippen LogP contribution in [0.1, 0.15) is 19.8 Å². The minimum Gasteiger partial charge on any atom is -0.481 e. The van der Waals surface area contributed by atoms with Gasteiger partial charge in [-0.25, -0.2) is 4.79 Å². The maximum absolute atomic E-state index is 12.5. The zero-order valence-corrected chi connectivity index (χ0v) is 17.3. The van der Waals surface area contributed by atoms with Gasteiger partial charge in [0.1, 0.15) is 24.2 Å². The normalized spacial score (nSPS) is 15.8. The van der Waals surface area contributed by atoms with Crippen LogP contribution < -0.4 is 21.7 Å². The fourth-order valence-electron chi connectivity index (χ4n) is 2.16. The molecule has 0 rings (SSSR count). The molecule has 0 radical (unpaired) electrons. The maximum Gasteiger partial charge on any atom is 0.326 e. The number of thioether (sulfide) groups is 1. The van der Waals surface area contributed by atoms with Crippen LogP contribution in [0.2, 0.25) is 0 Å². The molecule has 0 saturated heterocycles. The van der Waals surface area contributed by atoms with Gasteiger partial charge >= 0.3 is 11.9 Å². The number of amides is 3. The van der Waals surface area contributed by atoms with Crippen molar-refractivity contribution < 1.29 is 44.4 Å². The Balaban J connectivity index is 5.37. The van der Waals surface area contributed by atoms with E-state index in [0.717, 1.165) is 0 Å². The highest BCUT2D eigenvalue weighted by Gasteiger charge is 2.32. The van der Waals surface area contributed by atoms with Crippen molar-refractivity contribution in [1.82, 2.24) is 16.0 Å². The number of aliphatic carboxylic acids is 2. The van der Waals surface area contributed by atoms with E-state index < -0.39 is 73.0 Å². The average Bonchev–Trinajstić information content (AvgIpc) is 2.66. The van der Waals surface area contributed by atoms with Crippen LogP contribution in [-0.4, -0.2) is 99.0 Å². The zero-order chi connectivity index (χ0) is 23.4. The smallest absolute Gasteiger partial charge is 0.326 e. The number of rotatable bonds is 14. The van der Waals surface area contributed by atoms with E-state index in [1.807, 2.05) is 0 Å². The van der Waals surface area contributed by atoms with Crippen molar-refractivity contribution in [2.24, 2.45) is 5.73 Å². The van der Waals surface area contributed by atoms with E-state index in [-0.39, 0.29) is 6.42 Å². The molecule has 3 amide bonds. The Bertz CT molecular complexity index is 632. The third kappa shape index (κ3) is 9.87. The molecule has 0 aliphatic carbocycles. The minimum atomic E-state index is -1.71. The Hall–Kier alpha value is -2.42. The van der Waals surface area contributed by atoms with Gasteiger partial charge in [0.25, 0.3) is 0 Å². The lowest BCUT2D eigenvalue weighted by Crippen LogP contribution is -2.60. The van der Waals surface area contributed by atoms with Crippen LogP contribution in [0.25, 0.3) is 0 Å². The van der Waals surface area contributed by atoms with Gasteiger partial charge in [0, 0.05) is 0 Å². The molecule has 13 nitrogen and oxygen atoms in total. The van der Waals surface area contributed by atoms with Gasteiger partial charge in [-0.3, -0.25) is 19.2 Å². The number of aliphatic hydroxyl groups is 2. The first-order valence-corrected chi connectivity index (χ1v) is 10.2. The number of aliphatic hydroxyl groups excluding tert-OH is 2. The molecule has 0 bridgehead atoms. The van der Waals surface area contributed by atoms with E-state index in [9.17, 15) is 29.1 Å². The molecule has 5 unspecified atom stereocenters. The first kappa shape index (κ1) is 27.6. The highest BCUT2D eigenvalue weighted by atomic mass is 32.2. The van der Waals surface area contributed by atoms with Crippen molar-refractivity contribution in [3.8, 4) is 0 Å². The number of carboxylic acids is 2. The summed E-state index contributed by atoms with van der Waals surface area (Å²) in [7, 11) is 0. The second kappa shape index (κ2) is 13.7. The van der Waals surface area contributed by atoms with E-state index in [4.69, 9.17) is 21.1 Å². The summed E-state index contributed by atoms with van der Waals surface area (Å²) in [6.07, 6.45) is -0.455. The Kier molecular flexibility index (Phi) is 12.6. The number of hydrogen-bond donors (Lipinski definition) is 8. The van der Waals surface area contributed by atoms with E-state index in [1.54, 1.807) is 6.26 Å². The average molecular weight is 452 g/mol. The molecule has 14 heteroatoms. The monoisotopic (exact) mass is 452 g/mol. The van der Waals surface area contributed by atoms with E-state index in [1.165, 1.54) is 18.7 Å². The summed E-state index contributed by atoms with van der Waals surface area (Å²) in [5.74, 6) is -5.41. The van der Waals surface area contributed by atoms with E-state index in [2.05, 4.69) is 16.0 Å². The molecule has 30 heavy (non-hydrogen) atoms. The third-order valence-corrected chi connectivity index (χ3v) is 4.48. The van der Waals surface area contributed by atoms with Crippen molar-refractivity contribution in [3.63, 3.8) is 0 Å². The van der Waals surface area contributed by atoms with Gasteiger partial charge in [-0.1, -0.05) is 0 Å². The molecule has 0 aromatic rings. The van der Waals surface area contributed by atoms with Gasteiger partial charge in [0.05, 0.1) is 19.1 Å². The summed E-state index contributed by atoms with van der Waals surface area (Å²) in [6.45, 7) is 0.512. The molecule has 0 saturated carbocycles. The fraction of sp³-hybridized carbons (Fsp3) is 0.688. The summed E-state index contributed by atoms with van der Waals surface area (Å²) >= 11 is 1.34. The van der Waals surface area contributed by atoms with Crippen LogP contribution in [-0.2, 0) is 24.0 Å². The number of carbonyl (C=O) groups is 5. The first-order valence-electron chi connectivity index (χ1n) is 8.83. The number of nitrogens with one attached hydrogen (secondary N) is 3. The minimum absolute atomic E-state index is 0.0643. The fourth-order valence-corrected chi connectivity index (χ4v) is 2.63. The number of hydrogen-bond acceptors (Lipinski definition) is 9. The molecule has 0 spiro atoms. The van der Waals surface area contributed by atoms with Crippen molar-refractivity contribution in [2.45, 2.75) is 50.0 Å². The lowest BCUT2D eigenvalue weighted by molar-refractivity contribution is -0.147. The maximum atomic E-state index is 12.5. The molecule has 0 aliphatic rings. The first-order chi connectivity index (χ1) is 13.9. The highest BCUT2D eigenvalue weighted by Crippen LogP contribution is 2.05. The Labute approximate surface area is 176 Å². The number of nitrogens with two attached hydrogens (primary N) is 1. The van der Waals surface area contributed by atoms with Gasteiger partial charge in [0.15, 0.2) is 0 Å². The van der Waals surface area contributed by atoms with Gasteiger partial charge in [-0.15, -0.1) is 0 Å². The van der Waals surface area contributed by atoms with Crippen LogP contribution in [0.5, 0.6) is 0 Å². The summed E-state index contributed by atoms with van der Waals surface area (Å²) in [5, 5.41) is 43.1. The molecule has 0 aromatic carbocycles. The van der Waals surface area contributed by atoms with Crippen LogP contribution in [0.4, 0.5) is 0 Å². The van der Waals surface area contributed by atoms with Gasteiger partial charge in [0.2, 0.25) is 17.7 Å². The molecular formula is C16H28N4O9S. The molecule has 0 aromatic heterocycles. The number of carboxylic acid groups (broad SMARTS) is 2. The number of carbonyl (C=O) groups excluding carboxylic acids is 3. The second-order valence-electron chi connectivity index (χ2n) is 6.36. The summed E-state index contributed by atoms with van der Waals surface area (Å²) in [5.41, 5.74) is 5.36. The van der Waals surface area contributed by atoms with Crippen LogP contribution in [0, 0.1) is 0 Å². The molecular weight excluding hydrogens is 424 g/mol. The molecule has 0 fully saturated rings. The Morgan fingerprint density at radius 3 is 1.97 bits per heavy atom. The molecule has 5 atom stereocenters.